The molecule has 5 N–H and O–H groups in total. The molecule has 1 aliphatic heterocycles. The number of rotatable bonds is 4. The van der Waals surface area contributed by atoms with Gasteiger partial charge in [-0.1, -0.05) is 18.2 Å². The third-order valence-corrected chi connectivity index (χ3v) is 3.93. The highest BCUT2D eigenvalue weighted by atomic mass is 16.7. The van der Waals surface area contributed by atoms with Crippen molar-refractivity contribution in [1.29, 1.82) is 0 Å². The highest BCUT2D eigenvalue weighted by Gasteiger charge is 2.44. The van der Waals surface area contributed by atoms with E-state index in [1.54, 1.807) is 6.20 Å². The lowest BCUT2D eigenvalue weighted by Gasteiger charge is -2.39. The molecule has 3 rings (SSSR count). The largest absolute Gasteiger partial charge is 0.394 e. The second-order valence-electron chi connectivity index (χ2n) is 5.37. The Labute approximate surface area is 126 Å². The van der Waals surface area contributed by atoms with Gasteiger partial charge >= 0.3 is 0 Å². The number of aromatic amines is 1. The molecule has 0 aliphatic carbocycles. The van der Waals surface area contributed by atoms with E-state index in [-0.39, 0.29) is 6.61 Å². The van der Waals surface area contributed by atoms with Crippen LogP contribution >= 0.6 is 0 Å². The SMILES string of the molecule is OC[C@H]1O[C@@H](OCc2c[nH]c3ccccc23)[C@H](O)[C@@H](O)[C@@H]1O. The van der Waals surface area contributed by atoms with Crippen molar-refractivity contribution in [3.63, 3.8) is 0 Å². The third-order valence-electron chi connectivity index (χ3n) is 3.93. The zero-order valence-corrected chi connectivity index (χ0v) is 11.8. The number of aliphatic hydroxyl groups is 4. The Hall–Kier alpha value is -1.48. The molecule has 22 heavy (non-hydrogen) atoms. The molecule has 1 saturated heterocycles. The van der Waals surface area contributed by atoms with E-state index in [0.717, 1.165) is 16.5 Å². The Morgan fingerprint density at radius 1 is 1.09 bits per heavy atom. The van der Waals surface area contributed by atoms with Gasteiger partial charge in [0.15, 0.2) is 6.29 Å². The smallest absolute Gasteiger partial charge is 0.187 e. The molecular weight excluding hydrogens is 290 g/mol. The van der Waals surface area contributed by atoms with Crippen LogP contribution in [0.4, 0.5) is 0 Å². The fraction of sp³-hybridized carbons (Fsp3) is 0.467. The van der Waals surface area contributed by atoms with Gasteiger partial charge in [-0.25, -0.2) is 0 Å². The highest BCUT2D eigenvalue weighted by Crippen LogP contribution is 2.24. The minimum Gasteiger partial charge on any atom is -0.394 e. The summed E-state index contributed by atoms with van der Waals surface area (Å²) in [6, 6.07) is 7.71. The third kappa shape index (κ3) is 2.74. The van der Waals surface area contributed by atoms with Crippen molar-refractivity contribution in [3.05, 3.63) is 36.0 Å². The van der Waals surface area contributed by atoms with Crippen LogP contribution in [0.15, 0.2) is 30.5 Å². The summed E-state index contributed by atoms with van der Waals surface area (Å²) >= 11 is 0. The number of aliphatic hydroxyl groups excluding tert-OH is 4. The van der Waals surface area contributed by atoms with Crippen molar-refractivity contribution >= 4 is 10.9 Å². The molecule has 5 atom stereocenters. The van der Waals surface area contributed by atoms with Crippen LogP contribution in [-0.2, 0) is 16.1 Å². The van der Waals surface area contributed by atoms with E-state index in [4.69, 9.17) is 14.6 Å². The summed E-state index contributed by atoms with van der Waals surface area (Å²) in [5, 5.41) is 39.5. The van der Waals surface area contributed by atoms with E-state index >= 15 is 0 Å². The fourth-order valence-corrected chi connectivity index (χ4v) is 2.63. The van der Waals surface area contributed by atoms with Gasteiger partial charge in [0.25, 0.3) is 0 Å². The van der Waals surface area contributed by atoms with Gasteiger partial charge in [-0.3, -0.25) is 0 Å². The van der Waals surface area contributed by atoms with E-state index in [9.17, 15) is 15.3 Å². The van der Waals surface area contributed by atoms with Gasteiger partial charge in [0.1, 0.15) is 24.4 Å². The molecule has 7 nitrogen and oxygen atoms in total. The molecule has 2 heterocycles. The van der Waals surface area contributed by atoms with Gasteiger partial charge in [-0.15, -0.1) is 0 Å². The number of ether oxygens (including phenoxy) is 2. The number of H-pyrrole nitrogens is 1. The van der Waals surface area contributed by atoms with Crippen LogP contribution in [0.1, 0.15) is 5.56 Å². The molecular formula is C15H19NO6. The van der Waals surface area contributed by atoms with Crippen molar-refractivity contribution in [2.75, 3.05) is 6.61 Å². The number of fused-ring (bicyclic) bond motifs is 1. The predicted molar refractivity (Wildman–Crippen MR) is 76.9 cm³/mol. The van der Waals surface area contributed by atoms with Crippen LogP contribution in [0.5, 0.6) is 0 Å². The standard InChI is InChI=1S/C15H19NO6/c17-6-11-12(18)13(19)14(20)15(22-11)21-7-8-5-16-10-4-2-1-3-9(8)10/h1-5,11-20H,6-7H2/t11-,12-,13+,14-,15-/m1/s1. The lowest BCUT2D eigenvalue weighted by Crippen LogP contribution is -2.59. The van der Waals surface area contributed by atoms with Gasteiger partial charge < -0.3 is 34.9 Å². The average Bonchev–Trinajstić information content (AvgIpc) is 2.95. The predicted octanol–water partition coefficient (Wildman–Crippen LogP) is -0.516. The van der Waals surface area contributed by atoms with Crippen LogP contribution in [0.2, 0.25) is 0 Å². The molecule has 7 heteroatoms. The van der Waals surface area contributed by atoms with Gasteiger partial charge in [0.2, 0.25) is 0 Å². The van der Waals surface area contributed by atoms with Gasteiger partial charge in [-0.05, 0) is 6.07 Å². The molecule has 0 spiro atoms. The molecule has 2 aromatic rings. The summed E-state index contributed by atoms with van der Waals surface area (Å²) in [6.45, 7) is -0.315. The average molecular weight is 309 g/mol. The van der Waals surface area contributed by atoms with Gasteiger partial charge in [0, 0.05) is 22.7 Å². The summed E-state index contributed by atoms with van der Waals surface area (Å²) in [7, 11) is 0. The van der Waals surface area contributed by atoms with Crippen molar-refractivity contribution in [1.82, 2.24) is 4.98 Å². The maximum Gasteiger partial charge on any atom is 0.187 e. The van der Waals surface area contributed by atoms with E-state index in [1.165, 1.54) is 0 Å². The monoisotopic (exact) mass is 309 g/mol. The summed E-state index contributed by atoms with van der Waals surface area (Å²) in [5.41, 5.74) is 1.85. The van der Waals surface area contributed by atoms with Crippen molar-refractivity contribution in [3.8, 4) is 0 Å². The molecule has 0 bridgehead atoms. The Morgan fingerprint density at radius 3 is 2.64 bits per heavy atom. The quantitative estimate of drug-likeness (QED) is 0.519. The fourth-order valence-electron chi connectivity index (χ4n) is 2.63. The maximum absolute atomic E-state index is 9.91. The Kier molecular flexibility index (Phi) is 4.44. The summed E-state index contributed by atoms with van der Waals surface area (Å²) in [4.78, 5) is 3.11. The Balaban J connectivity index is 1.70. The minimum atomic E-state index is -1.43. The van der Waals surface area contributed by atoms with Crippen LogP contribution in [0.3, 0.4) is 0 Å². The van der Waals surface area contributed by atoms with Crippen LogP contribution in [0, 0.1) is 0 Å². The second kappa shape index (κ2) is 6.33. The zero-order valence-electron chi connectivity index (χ0n) is 11.8. The first kappa shape index (κ1) is 15.4. The normalized spacial score (nSPS) is 32.5. The molecule has 0 radical (unpaired) electrons. The molecule has 1 aromatic heterocycles. The number of hydrogen-bond acceptors (Lipinski definition) is 6. The topological polar surface area (TPSA) is 115 Å². The molecule has 120 valence electrons. The molecule has 1 aliphatic rings. The van der Waals surface area contributed by atoms with Crippen LogP contribution < -0.4 is 0 Å². The van der Waals surface area contributed by atoms with Gasteiger partial charge in [-0.2, -0.15) is 0 Å². The summed E-state index contributed by atoms with van der Waals surface area (Å²) < 4.78 is 10.8. The molecule has 0 amide bonds. The van der Waals surface area contributed by atoms with Gasteiger partial charge in [0.05, 0.1) is 13.2 Å². The zero-order chi connectivity index (χ0) is 15.7. The van der Waals surface area contributed by atoms with E-state index in [1.807, 2.05) is 24.3 Å². The van der Waals surface area contributed by atoms with Crippen LogP contribution in [-0.4, -0.2) is 62.7 Å². The first-order valence-electron chi connectivity index (χ1n) is 7.09. The molecule has 0 unspecified atom stereocenters. The lowest BCUT2D eigenvalue weighted by atomic mass is 9.99. The molecule has 1 aromatic carbocycles. The lowest BCUT2D eigenvalue weighted by molar-refractivity contribution is -0.304. The maximum atomic E-state index is 9.91. The number of para-hydroxylation sites is 1. The number of hydrogen-bond donors (Lipinski definition) is 5. The van der Waals surface area contributed by atoms with Crippen molar-refractivity contribution < 1.29 is 29.9 Å². The second-order valence-corrected chi connectivity index (χ2v) is 5.37. The van der Waals surface area contributed by atoms with E-state index < -0.39 is 37.3 Å². The highest BCUT2D eigenvalue weighted by molar-refractivity contribution is 5.82. The van der Waals surface area contributed by atoms with E-state index in [0.29, 0.717) is 0 Å². The molecule has 0 saturated carbocycles. The Bertz CT molecular complexity index is 627. The minimum absolute atomic E-state index is 0.159. The Morgan fingerprint density at radius 2 is 1.86 bits per heavy atom. The van der Waals surface area contributed by atoms with Crippen LogP contribution in [0.25, 0.3) is 10.9 Å². The summed E-state index contributed by atoms with van der Waals surface area (Å²) in [6.07, 6.45) is -4.49. The van der Waals surface area contributed by atoms with Crippen molar-refractivity contribution in [2.45, 2.75) is 37.3 Å². The number of nitrogens with one attached hydrogen (secondary N) is 1. The van der Waals surface area contributed by atoms with E-state index in [2.05, 4.69) is 4.98 Å². The number of aromatic nitrogens is 1. The molecule has 1 fully saturated rings. The summed E-state index contributed by atoms with van der Waals surface area (Å²) in [5.74, 6) is 0. The first-order valence-corrected chi connectivity index (χ1v) is 7.09. The van der Waals surface area contributed by atoms with Crippen molar-refractivity contribution in [2.24, 2.45) is 0 Å². The number of benzene rings is 1. The first-order chi connectivity index (χ1) is 10.6.